The molecular weight excluding hydrogens is 366 g/mol. The molecule has 6 heteroatoms. The zero-order valence-corrected chi connectivity index (χ0v) is 15.8. The summed E-state index contributed by atoms with van der Waals surface area (Å²) in [6, 6.07) is 16.1. The van der Waals surface area contributed by atoms with Crippen molar-refractivity contribution in [2.75, 3.05) is 16.8 Å². The van der Waals surface area contributed by atoms with E-state index in [0.717, 1.165) is 23.4 Å². The van der Waals surface area contributed by atoms with Crippen LogP contribution >= 0.6 is 22.9 Å². The molecule has 132 valence electrons. The van der Waals surface area contributed by atoms with Crippen LogP contribution in [0.25, 0.3) is 11.3 Å². The summed E-state index contributed by atoms with van der Waals surface area (Å²) in [5, 5.41) is 6.16. The van der Waals surface area contributed by atoms with E-state index < -0.39 is 0 Å². The van der Waals surface area contributed by atoms with Gasteiger partial charge in [-0.25, -0.2) is 4.98 Å². The molecule has 1 atom stereocenters. The number of halogens is 1. The predicted octanol–water partition coefficient (Wildman–Crippen LogP) is 4.85. The van der Waals surface area contributed by atoms with Gasteiger partial charge in [0.2, 0.25) is 5.91 Å². The van der Waals surface area contributed by atoms with Crippen LogP contribution in [-0.2, 0) is 11.2 Å². The number of amides is 1. The number of nitrogens with one attached hydrogen (secondary N) is 1. The maximum atomic E-state index is 12.5. The summed E-state index contributed by atoms with van der Waals surface area (Å²) >= 11 is 7.35. The van der Waals surface area contributed by atoms with E-state index in [1.165, 1.54) is 16.9 Å². The van der Waals surface area contributed by atoms with Crippen molar-refractivity contribution in [2.45, 2.75) is 19.4 Å². The first-order valence-electron chi connectivity index (χ1n) is 8.46. The lowest BCUT2D eigenvalue weighted by atomic mass is 10.1. The van der Waals surface area contributed by atoms with E-state index in [1.54, 1.807) is 0 Å². The summed E-state index contributed by atoms with van der Waals surface area (Å²) in [5.41, 5.74) is 4.26. The number of hydrogen-bond donors (Lipinski definition) is 1. The Morgan fingerprint density at radius 3 is 2.85 bits per heavy atom. The summed E-state index contributed by atoms with van der Waals surface area (Å²) in [7, 11) is 0. The molecule has 0 bridgehead atoms. The third kappa shape index (κ3) is 3.45. The van der Waals surface area contributed by atoms with E-state index in [-0.39, 0.29) is 5.91 Å². The minimum absolute atomic E-state index is 0.0504. The van der Waals surface area contributed by atoms with Gasteiger partial charge < -0.3 is 10.2 Å². The van der Waals surface area contributed by atoms with Crippen LogP contribution in [0.4, 0.5) is 10.8 Å². The Morgan fingerprint density at radius 1 is 1.27 bits per heavy atom. The Bertz CT molecular complexity index is 938. The fraction of sp³-hybridized carbons (Fsp3) is 0.200. The molecule has 2 heterocycles. The maximum absolute atomic E-state index is 12.5. The highest BCUT2D eigenvalue weighted by Crippen LogP contribution is 2.31. The highest BCUT2D eigenvalue weighted by molar-refractivity contribution is 7.14. The first-order valence-corrected chi connectivity index (χ1v) is 9.72. The van der Waals surface area contributed by atoms with Crippen molar-refractivity contribution >= 4 is 39.7 Å². The fourth-order valence-electron chi connectivity index (χ4n) is 3.27. The summed E-state index contributed by atoms with van der Waals surface area (Å²) in [6.07, 6.45) is 0.974. The van der Waals surface area contributed by atoms with Gasteiger partial charge in [0.25, 0.3) is 0 Å². The molecule has 3 aromatic rings. The molecule has 4 rings (SSSR count). The van der Waals surface area contributed by atoms with E-state index in [4.69, 9.17) is 11.6 Å². The second-order valence-electron chi connectivity index (χ2n) is 6.40. The summed E-state index contributed by atoms with van der Waals surface area (Å²) in [6.45, 7) is 2.48. The quantitative estimate of drug-likeness (QED) is 0.700. The van der Waals surface area contributed by atoms with Crippen LogP contribution in [0.15, 0.2) is 53.9 Å². The molecule has 1 unspecified atom stereocenters. The van der Waals surface area contributed by atoms with Crippen LogP contribution < -0.4 is 10.2 Å². The second-order valence-corrected chi connectivity index (χ2v) is 7.70. The van der Waals surface area contributed by atoms with Gasteiger partial charge in [0.1, 0.15) is 0 Å². The number of carbonyl (C=O) groups is 1. The Kier molecular flexibility index (Phi) is 4.66. The molecular formula is C20H18ClN3OS. The highest BCUT2D eigenvalue weighted by atomic mass is 35.5. The van der Waals surface area contributed by atoms with Gasteiger partial charge in [-0.3, -0.25) is 4.79 Å². The smallest absolute Gasteiger partial charge is 0.245 e. The number of nitrogens with zero attached hydrogens (tertiary/aromatic N) is 2. The Hall–Kier alpha value is -2.37. The molecule has 1 amide bonds. The molecule has 0 spiro atoms. The van der Waals surface area contributed by atoms with E-state index in [1.807, 2.05) is 41.8 Å². The lowest BCUT2D eigenvalue weighted by Gasteiger charge is -2.23. The highest BCUT2D eigenvalue weighted by Gasteiger charge is 2.27. The first kappa shape index (κ1) is 17.1. The van der Waals surface area contributed by atoms with Gasteiger partial charge in [-0.15, -0.1) is 11.3 Å². The van der Waals surface area contributed by atoms with E-state index >= 15 is 0 Å². The Morgan fingerprint density at radius 2 is 2.04 bits per heavy atom. The number of benzene rings is 2. The van der Waals surface area contributed by atoms with Crippen molar-refractivity contribution in [3.05, 3.63) is 64.5 Å². The molecule has 1 N–H and O–H groups in total. The first-order chi connectivity index (χ1) is 12.6. The van der Waals surface area contributed by atoms with Gasteiger partial charge in [-0.1, -0.05) is 41.9 Å². The van der Waals surface area contributed by atoms with Crippen LogP contribution in [-0.4, -0.2) is 23.5 Å². The molecule has 0 aliphatic carbocycles. The molecule has 2 aromatic carbocycles. The zero-order chi connectivity index (χ0) is 18.1. The van der Waals surface area contributed by atoms with Gasteiger partial charge >= 0.3 is 0 Å². The molecule has 1 aliphatic rings. The van der Waals surface area contributed by atoms with Crippen molar-refractivity contribution in [3.8, 4) is 11.3 Å². The maximum Gasteiger partial charge on any atom is 0.245 e. The average molecular weight is 384 g/mol. The predicted molar refractivity (Wildman–Crippen MR) is 108 cm³/mol. The zero-order valence-electron chi connectivity index (χ0n) is 14.3. The molecule has 0 radical (unpaired) electrons. The normalized spacial score (nSPS) is 15.8. The monoisotopic (exact) mass is 383 g/mol. The number of rotatable bonds is 4. The van der Waals surface area contributed by atoms with Crippen LogP contribution in [0.1, 0.15) is 12.5 Å². The number of thiazole rings is 1. The third-order valence-electron chi connectivity index (χ3n) is 4.55. The van der Waals surface area contributed by atoms with Crippen molar-refractivity contribution in [1.82, 2.24) is 4.98 Å². The van der Waals surface area contributed by atoms with Gasteiger partial charge in [0, 0.05) is 27.7 Å². The van der Waals surface area contributed by atoms with Crippen LogP contribution in [0.2, 0.25) is 5.02 Å². The van der Waals surface area contributed by atoms with E-state index in [9.17, 15) is 4.79 Å². The summed E-state index contributed by atoms with van der Waals surface area (Å²) in [4.78, 5) is 19.2. The Balaban J connectivity index is 1.44. The lowest BCUT2D eigenvalue weighted by Crippen LogP contribution is -2.37. The molecule has 1 aromatic heterocycles. The largest absolute Gasteiger partial charge is 0.359 e. The average Bonchev–Trinajstić information content (AvgIpc) is 3.21. The number of hydrogen-bond acceptors (Lipinski definition) is 4. The van der Waals surface area contributed by atoms with Crippen LogP contribution in [0.5, 0.6) is 0 Å². The molecule has 0 saturated carbocycles. The van der Waals surface area contributed by atoms with Crippen molar-refractivity contribution in [3.63, 3.8) is 0 Å². The number of fused-ring (bicyclic) bond motifs is 1. The van der Waals surface area contributed by atoms with E-state index in [0.29, 0.717) is 22.7 Å². The van der Waals surface area contributed by atoms with Gasteiger partial charge in [-0.05, 0) is 37.1 Å². The summed E-state index contributed by atoms with van der Waals surface area (Å²) in [5.74, 6) is -0.0504. The fourth-order valence-corrected chi connectivity index (χ4v) is 4.13. The van der Waals surface area contributed by atoms with Crippen molar-refractivity contribution < 1.29 is 4.79 Å². The van der Waals surface area contributed by atoms with Gasteiger partial charge in [-0.2, -0.15) is 0 Å². The van der Waals surface area contributed by atoms with Crippen molar-refractivity contribution in [1.29, 1.82) is 0 Å². The number of para-hydroxylation sites is 1. The minimum Gasteiger partial charge on any atom is -0.359 e. The van der Waals surface area contributed by atoms with Crippen molar-refractivity contribution in [2.24, 2.45) is 0 Å². The second kappa shape index (κ2) is 7.09. The minimum atomic E-state index is -0.0504. The van der Waals surface area contributed by atoms with Gasteiger partial charge in [0.15, 0.2) is 5.13 Å². The lowest BCUT2D eigenvalue weighted by molar-refractivity contribution is -0.115. The summed E-state index contributed by atoms with van der Waals surface area (Å²) < 4.78 is 0. The number of aromatic nitrogens is 1. The topological polar surface area (TPSA) is 45.2 Å². The van der Waals surface area contributed by atoms with Crippen LogP contribution in [0.3, 0.4) is 0 Å². The number of anilines is 2. The Labute approximate surface area is 161 Å². The molecule has 1 aliphatic heterocycles. The SMILES string of the molecule is CC1Cc2ccccc2N1CC(=O)Nc1nc(-c2ccc(Cl)cc2)cs1. The van der Waals surface area contributed by atoms with Gasteiger partial charge in [0.05, 0.1) is 12.2 Å². The standard InChI is InChI=1S/C20H18ClN3OS/c1-13-10-15-4-2-3-5-18(15)24(13)11-19(25)23-20-22-17(12-26-20)14-6-8-16(21)9-7-14/h2-9,12-13H,10-11H2,1H3,(H,22,23,25). The number of carbonyl (C=O) groups excluding carboxylic acids is 1. The molecule has 0 saturated heterocycles. The van der Waals surface area contributed by atoms with Crippen LogP contribution in [0, 0.1) is 0 Å². The molecule has 0 fully saturated rings. The molecule has 26 heavy (non-hydrogen) atoms. The molecule has 4 nitrogen and oxygen atoms in total. The third-order valence-corrected chi connectivity index (χ3v) is 5.56. The van der Waals surface area contributed by atoms with E-state index in [2.05, 4.69) is 34.3 Å².